The molecule has 3 heterocycles. The van der Waals surface area contributed by atoms with Gasteiger partial charge < -0.3 is 13.8 Å². The molecule has 2 fully saturated rings. The van der Waals surface area contributed by atoms with Gasteiger partial charge in [-0.05, 0) is 31.6 Å². The van der Waals surface area contributed by atoms with Gasteiger partial charge in [0, 0.05) is 17.0 Å². The van der Waals surface area contributed by atoms with Crippen molar-refractivity contribution < 1.29 is 13.8 Å². The van der Waals surface area contributed by atoms with Gasteiger partial charge in [0.1, 0.15) is 12.5 Å². The first-order chi connectivity index (χ1) is 11.4. The van der Waals surface area contributed by atoms with Gasteiger partial charge in [-0.25, -0.2) is 0 Å². The summed E-state index contributed by atoms with van der Waals surface area (Å²) < 4.78 is 15.2. The summed E-state index contributed by atoms with van der Waals surface area (Å²) in [4.78, 5) is 0. The lowest BCUT2D eigenvalue weighted by molar-refractivity contribution is -0.0537. The van der Waals surface area contributed by atoms with E-state index in [-0.39, 0.29) is 5.41 Å². The van der Waals surface area contributed by atoms with Crippen LogP contribution in [0.15, 0.2) is 21.6 Å². The average molecular weight is 332 g/mol. The van der Waals surface area contributed by atoms with Gasteiger partial charge in [0.2, 0.25) is 0 Å². The predicted octanol–water partition coefficient (Wildman–Crippen LogP) is 4.76. The number of hydrogen-bond donors (Lipinski definition) is 0. The molecule has 2 aliphatic rings. The van der Waals surface area contributed by atoms with Gasteiger partial charge in [-0.2, -0.15) is 0 Å². The molecule has 2 aromatic heterocycles. The van der Waals surface area contributed by atoms with Crippen LogP contribution in [0.2, 0.25) is 0 Å². The Labute approximate surface area is 143 Å². The van der Waals surface area contributed by atoms with Gasteiger partial charge in [-0.3, -0.25) is 0 Å². The van der Waals surface area contributed by atoms with Crippen LogP contribution in [0.4, 0.5) is 0 Å². The Kier molecular flexibility index (Phi) is 4.81. The maximum absolute atomic E-state index is 5.21. The molecule has 0 spiro atoms. The monoisotopic (exact) mass is 332 g/mol. The van der Waals surface area contributed by atoms with Crippen LogP contribution < -0.4 is 0 Å². The summed E-state index contributed by atoms with van der Waals surface area (Å²) in [5, 5.41) is 8.10. The number of ether oxygens (including phenoxy) is 1. The second-order valence-electron chi connectivity index (χ2n) is 7.91. The third-order valence-electron chi connectivity index (χ3n) is 4.84. The minimum Gasteiger partial charge on any atom is -0.379 e. The van der Waals surface area contributed by atoms with E-state index in [1.54, 1.807) is 12.5 Å². The lowest BCUT2D eigenvalue weighted by Gasteiger charge is -2.37. The Morgan fingerprint density at radius 3 is 2.04 bits per heavy atom. The van der Waals surface area contributed by atoms with Crippen molar-refractivity contribution in [3.63, 3.8) is 0 Å². The molecule has 132 valence electrons. The van der Waals surface area contributed by atoms with Crippen molar-refractivity contribution >= 4 is 0 Å². The molecule has 0 atom stereocenters. The summed E-state index contributed by atoms with van der Waals surface area (Å²) in [7, 11) is 0. The predicted molar refractivity (Wildman–Crippen MR) is 91.3 cm³/mol. The second kappa shape index (κ2) is 6.71. The van der Waals surface area contributed by atoms with E-state index in [9.17, 15) is 0 Å². The molecule has 0 aromatic carbocycles. The molecule has 0 bridgehead atoms. The SMILES string of the molecule is CC(C)c1conc1C1(C)COC1.CC(C)c1conc1C1CC1. The van der Waals surface area contributed by atoms with Crippen molar-refractivity contribution in [3.05, 3.63) is 35.0 Å². The zero-order valence-corrected chi connectivity index (χ0v) is 15.3. The van der Waals surface area contributed by atoms with Crippen molar-refractivity contribution in [2.24, 2.45) is 0 Å². The van der Waals surface area contributed by atoms with E-state index in [1.165, 1.54) is 29.7 Å². The fraction of sp³-hybridized carbons (Fsp3) is 0.684. The molecule has 2 aromatic rings. The highest BCUT2D eigenvalue weighted by atomic mass is 16.5. The molecule has 24 heavy (non-hydrogen) atoms. The van der Waals surface area contributed by atoms with Crippen LogP contribution in [0.25, 0.3) is 0 Å². The van der Waals surface area contributed by atoms with Crippen LogP contribution in [0.5, 0.6) is 0 Å². The van der Waals surface area contributed by atoms with E-state index in [4.69, 9.17) is 13.8 Å². The van der Waals surface area contributed by atoms with Gasteiger partial charge in [0.15, 0.2) is 0 Å². The maximum atomic E-state index is 5.21. The third-order valence-corrected chi connectivity index (χ3v) is 4.84. The minimum atomic E-state index is 0.0899. The average Bonchev–Trinajstić information content (AvgIpc) is 3.04. The molecule has 1 saturated heterocycles. The highest BCUT2D eigenvalue weighted by Gasteiger charge is 2.40. The summed E-state index contributed by atoms with van der Waals surface area (Å²) in [6.45, 7) is 12.4. The fourth-order valence-corrected chi connectivity index (χ4v) is 3.01. The van der Waals surface area contributed by atoms with Crippen molar-refractivity contribution in [3.8, 4) is 0 Å². The van der Waals surface area contributed by atoms with E-state index in [0.717, 1.165) is 18.9 Å². The van der Waals surface area contributed by atoms with Crippen LogP contribution in [0.3, 0.4) is 0 Å². The zero-order chi connectivity index (χ0) is 17.3. The number of rotatable bonds is 4. The van der Waals surface area contributed by atoms with Crippen LogP contribution in [-0.4, -0.2) is 23.5 Å². The summed E-state index contributed by atoms with van der Waals surface area (Å²) >= 11 is 0. The Morgan fingerprint density at radius 1 is 0.958 bits per heavy atom. The molecule has 0 N–H and O–H groups in total. The molecular formula is C19H28N2O3. The van der Waals surface area contributed by atoms with Crippen molar-refractivity contribution in [1.82, 2.24) is 10.3 Å². The Morgan fingerprint density at radius 2 is 1.54 bits per heavy atom. The molecule has 5 heteroatoms. The summed E-state index contributed by atoms with van der Waals surface area (Å²) in [5.74, 6) is 1.74. The lowest BCUT2D eigenvalue weighted by Crippen LogP contribution is -2.44. The van der Waals surface area contributed by atoms with E-state index < -0.39 is 0 Å². The van der Waals surface area contributed by atoms with Crippen molar-refractivity contribution in [1.29, 1.82) is 0 Å². The molecule has 0 unspecified atom stereocenters. The molecule has 0 radical (unpaired) electrons. The third kappa shape index (κ3) is 3.41. The summed E-state index contributed by atoms with van der Waals surface area (Å²) in [6.07, 6.45) is 6.14. The fourth-order valence-electron chi connectivity index (χ4n) is 3.01. The Balaban J connectivity index is 0.000000143. The normalized spacial score (nSPS) is 19.1. The standard InChI is InChI=1S/C10H15NO2.C9H13NO/c1-7(2)8-4-13-11-9(8)10(3)5-12-6-10;1-6(2)8-5-11-10-9(8)7-3-4-7/h4,7H,5-6H2,1-3H3;5-7H,3-4H2,1-2H3. The molecule has 4 rings (SSSR count). The van der Waals surface area contributed by atoms with Crippen LogP contribution in [0.1, 0.15) is 87.7 Å². The summed E-state index contributed by atoms with van der Waals surface area (Å²) in [5.41, 5.74) is 4.89. The Bertz CT molecular complexity index is 647. The molecule has 1 aliphatic carbocycles. The van der Waals surface area contributed by atoms with E-state index in [2.05, 4.69) is 44.9 Å². The Hall–Kier alpha value is -1.62. The number of hydrogen-bond acceptors (Lipinski definition) is 5. The largest absolute Gasteiger partial charge is 0.379 e. The zero-order valence-electron chi connectivity index (χ0n) is 15.3. The number of nitrogens with zero attached hydrogens (tertiary/aromatic N) is 2. The topological polar surface area (TPSA) is 61.3 Å². The minimum absolute atomic E-state index is 0.0899. The highest BCUT2D eigenvalue weighted by Crippen LogP contribution is 2.42. The van der Waals surface area contributed by atoms with E-state index in [0.29, 0.717) is 17.8 Å². The quantitative estimate of drug-likeness (QED) is 0.807. The first-order valence-corrected chi connectivity index (χ1v) is 8.89. The maximum Gasteiger partial charge on any atom is 0.127 e. The number of aromatic nitrogens is 2. The smallest absolute Gasteiger partial charge is 0.127 e. The van der Waals surface area contributed by atoms with Crippen molar-refractivity contribution in [2.75, 3.05) is 13.2 Å². The van der Waals surface area contributed by atoms with Gasteiger partial charge in [0.25, 0.3) is 0 Å². The van der Waals surface area contributed by atoms with E-state index in [1.807, 2.05) is 0 Å². The molecule has 1 saturated carbocycles. The van der Waals surface area contributed by atoms with E-state index >= 15 is 0 Å². The lowest BCUT2D eigenvalue weighted by atomic mass is 9.81. The second-order valence-corrected chi connectivity index (χ2v) is 7.91. The molecule has 1 aliphatic heterocycles. The van der Waals surface area contributed by atoms with Crippen LogP contribution in [-0.2, 0) is 10.2 Å². The molecule has 0 amide bonds. The first-order valence-electron chi connectivity index (χ1n) is 8.89. The summed E-state index contributed by atoms with van der Waals surface area (Å²) in [6, 6.07) is 0. The van der Waals surface area contributed by atoms with Crippen LogP contribution in [0, 0.1) is 0 Å². The van der Waals surface area contributed by atoms with Gasteiger partial charge in [-0.1, -0.05) is 38.0 Å². The van der Waals surface area contributed by atoms with Crippen molar-refractivity contribution in [2.45, 2.75) is 70.6 Å². The van der Waals surface area contributed by atoms with Gasteiger partial charge in [-0.15, -0.1) is 0 Å². The molecular weight excluding hydrogens is 304 g/mol. The first kappa shape index (κ1) is 17.2. The highest BCUT2D eigenvalue weighted by molar-refractivity contribution is 5.28. The van der Waals surface area contributed by atoms with Crippen LogP contribution >= 0.6 is 0 Å². The van der Waals surface area contributed by atoms with Gasteiger partial charge in [0.05, 0.1) is 30.0 Å². The van der Waals surface area contributed by atoms with Gasteiger partial charge >= 0.3 is 0 Å². The molecule has 5 nitrogen and oxygen atoms in total.